The van der Waals surface area contributed by atoms with Crippen molar-refractivity contribution in [1.29, 1.82) is 0 Å². The van der Waals surface area contributed by atoms with Crippen molar-refractivity contribution in [2.24, 2.45) is 23.5 Å². The molecule has 1 saturated heterocycles. The van der Waals surface area contributed by atoms with E-state index < -0.39 is 24.1 Å². The summed E-state index contributed by atoms with van der Waals surface area (Å²) in [5.74, 6) is -0.436. The number of aliphatic hydroxyl groups is 1. The molecule has 3 aliphatic rings. The number of halogens is 3. The second-order valence-corrected chi connectivity index (χ2v) is 11.2. The average Bonchev–Trinajstić information content (AvgIpc) is 3.21. The molecule has 2 aromatic rings. The Hall–Kier alpha value is -2.40. The van der Waals surface area contributed by atoms with Gasteiger partial charge in [-0.3, -0.25) is 9.69 Å². The van der Waals surface area contributed by atoms with Gasteiger partial charge in [-0.1, -0.05) is 0 Å². The highest BCUT2D eigenvalue weighted by Gasteiger charge is 2.42. The number of rotatable bonds is 8. The number of nitrogens with two attached hydrogens (primary N) is 1. The zero-order valence-electron chi connectivity index (χ0n) is 21.1. The van der Waals surface area contributed by atoms with Crippen molar-refractivity contribution in [1.82, 2.24) is 19.4 Å². The maximum atomic E-state index is 13.2. The lowest BCUT2D eigenvalue weighted by atomic mass is 9.80. The van der Waals surface area contributed by atoms with E-state index in [0.717, 1.165) is 49.1 Å². The van der Waals surface area contributed by atoms with Crippen LogP contribution in [0, 0.1) is 17.8 Å². The van der Waals surface area contributed by atoms with Crippen LogP contribution in [0.4, 0.5) is 19.0 Å². The van der Waals surface area contributed by atoms with Crippen LogP contribution in [0.25, 0.3) is 11.0 Å². The molecule has 2 atom stereocenters. The smallest absolute Gasteiger partial charge is 0.391 e. The lowest BCUT2D eigenvalue weighted by Crippen LogP contribution is -2.47. The Kier molecular flexibility index (Phi) is 7.63. The molecule has 3 fully saturated rings. The molecular formula is C26H37F3N6O2. The predicted molar refractivity (Wildman–Crippen MR) is 134 cm³/mol. The van der Waals surface area contributed by atoms with Crippen LogP contribution in [0.5, 0.6) is 0 Å². The molecule has 37 heavy (non-hydrogen) atoms. The molecule has 3 N–H and O–H groups in total. The lowest BCUT2D eigenvalue weighted by molar-refractivity contribution is -0.183. The number of aliphatic hydroxyl groups excluding tert-OH is 1. The average molecular weight is 523 g/mol. The summed E-state index contributed by atoms with van der Waals surface area (Å²) >= 11 is 0. The normalized spacial score (nSPS) is 27.8. The van der Waals surface area contributed by atoms with Gasteiger partial charge < -0.3 is 20.3 Å². The number of carbonyl (C=O) groups excluding carboxylic acids is 1. The first-order valence-electron chi connectivity index (χ1n) is 13.5. The Morgan fingerprint density at radius 1 is 1.14 bits per heavy atom. The summed E-state index contributed by atoms with van der Waals surface area (Å²) in [7, 11) is 0. The topological polar surface area (TPSA) is 101 Å². The number of aromatic nitrogens is 3. The number of alkyl halides is 3. The Morgan fingerprint density at radius 3 is 2.51 bits per heavy atom. The molecule has 0 spiro atoms. The quantitative estimate of drug-likeness (QED) is 0.552. The molecule has 3 heterocycles. The number of likely N-dealkylation sites (tertiary alicyclic amines) is 1. The van der Waals surface area contributed by atoms with E-state index in [0.29, 0.717) is 38.5 Å². The Labute approximate surface area is 215 Å². The van der Waals surface area contributed by atoms with Crippen LogP contribution >= 0.6 is 0 Å². The standard InChI is InChI=1S/C26H37F3N6O2/c27-26(28,29)19-6-4-17(5-7-19)12-35(20-2-1-3-20)25-21-9-11-34(24(21)31-16-32-25)13-18-8-10-33(14-22(18)36)15-23(30)37/h9,11,16-20,22,36H,1-8,10,12-15H2,(H2,30,37)/t17?,18-,19?,22+/m0/s1. The monoisotopic (exact) mass is 522 g/mol. The molecule has 0 aromatic carbocycles. The fraction of sp³-hybridized carbons (Fsp3) is 0.731. The summed E-state index contributed by atoms with van der Waals surface area (Å²) in [6.45, 7) is 2.61. The van der Waals surface area contributed by atoms with Crippen LogP contribution in [0.2, 0.25) is 0 Å². The molecule has 11 heteroatoms. The zero-order chi connectivity index (χ0) is 26.2. The minimum absolute atomic E-state index is 0.0321. The molecule has 2 saturated carbocycles. The van der Waals surface area contributed by atoms with E-state index in [4.69, 9.17) is 5.73 Å². The van der Waals surface area contributed by atoms with E-state index in [1.54, 1.807) is 6.33 Å². The molecule has 1 aliphatic heterocycles. The highest BCUT2D eigenvalue weighted by atomic mass is 19.4. The van der Waals surface area contributed by atoms with Crippen molar-refractivity contribution < 1.29 is 23.1 Å². The van der Waals surface area contributed by atoms with Crippen LogP contribution < -0.4 is 10.6 Å². The Bertz CT molecular complexity index is 1080. The van der Waals surface area contributed by atoms with Crippen molar-refractivity contribution in [3.05, 3.63) is 18.6 Å². The molecular weight excluding hydrogens is 485 g/mol. The highest BCUT2D eigenvalue weighted by molar-refractivity contribution is 5.88. The summed E-state index contributed by atoms with van der Waals surface area (Å²) in [5, 5.41) is 11.7. The number of primary amides is 1. The fourth-order valence-corrected chi connectivity index (χ4v) is 6.30. The van der Waals surface area contributed by atoms with Gasteiger partial charge in [0.25, 0.3) is 0 Å². The minimum atomic E-state index is -4.09. The van der Waals surface area contributed by atoms with E-state index in [1.807, 2.05) is 17.2 Å². The first-order valence-corrected chi connectivity index (χ1v) is 13.5. The number of amides is 1. The molecule has 1 amide bonds. The molecule has 5 rings (SSSR count). The summed E-state index contributed by atoms with van der Waals surface area (Å²) in [6, 6.07) is 2.38. The number of hydrogen-bond acceptors (Lipinski definition) is 6. The molecule has 0 unspecified atom stereocenters. The number of carbonyl (C=O) groups is 1. The maximum absolute atomic E-state index is 13.2. The van der Waals surface area contributed by atoms with Gasteiger partial charge in [-0.25, -0.2) is 9.97 Å². The van der Waals surface area contributed by atoms with Crippen LogP contribution in [0.3, 0.4) is 0 Å². The summed E-state index contributed by atoms with van der Waals surface area (Å²) in [5.41, 5.74) is 6.11. The lowest BCUT2D eigenvalue weighted by Gasteiger charge is -2.42. The van der Waals surface area contributed by atoms with Gasteiger partial charge in [0, 0.05) is 37.8 Å². The van der Waals surface area contributed by atoms with Crippen LogP contribution in [-0.4, -0.2) is 74.9 Å². The second kappa shape index (κ2) is 10.8. The number of β-amino-alcohol motifs (C(OH)–C–C–N with tert-alkyl or cyclic N) is 1. The third-order valence-electron chi connectivity index (χ3n) is 8.70. The van der Waals surface area contributed by atoms with E-state index in [-0.39, 0.29) is 31.2 Å². The number of anilines is 1. The number of hydrogen-bond donors (Lipinski definition) is 2. The largest absolute Gasteiger partial charge is 0.391 e. The molecule has 0 radical (unpaired) electrons. The van der Waals surface area contributed by atoms with E-state index in [1.165, 1.54) is 0 Å². The molecule has 2 aromatic heterocycles. The minimum Gasteiger partial charge on any atom is -0.391 e. The highest BCUT2D eigenvalue weighted by Crippen LogP contribution is 2.41. The van der Waals surface area contributed by atoms with Crippen molar-refractivity contribution in [2.75, 3.05) is 31.1 Å². The third kappa shape index (κ3) is 5.87. The van der Waals surface area contributed by atoms with Gasteiger partial charge in [-0.05, 0) is 69.9 Å². The van der Waals surface area contributed by atoms with Crippen LogP contribution in [-0.2, 0) is 11.3 Å². The van der Waals surface area contributed by atoms with E-state index in [9.17, 15) is 23.1 Å². The van der Waals surface area contributed by atoms with Gasteiger partial charge in [0.2, 0.25) is 5.91 Å². The van der Waals surface area contributed by atoms with Gasteiger partial charge in [0.05, 0.1) is 24.0 Å². The van der Waals surface area contributed by atoms with E-state index >= 15 is 0 Å². The van der Waals surface area contributed by atoms with E-state index in [2.05, 4.69) is 19.4 Å². The van der Waals surface area contributed by atoms with Crippen molar-refractivity contribution in [2.45, 2.75) is 76.2 Å². The number of piperidine rings is 1. The number of fused-ring (bicyclic) bond motifs is 1. The van der Waals surface area contributed by atoms with Gasteiger partial charge in [0.1, 0.15) is 17.8 Å². The second-order valence-electron chi connectivity index (χ2n) is 11.2. The SMILES string of the molecule is NC(=O)CN1CC[C@@H](Cn2ccc3c(N(CC4CCC(C(F)(F)F)CC4)C4CCC4)ncnc32)[C@H](O)C1. The first kappa shape index (κ1) is 26.2. The first-order chi connectivity index (χ1) is 17.7. The van der Waals surface area contributed by atoms with Gasteiger partial charge in [0.15, 0.2) is 0 Å². The van der Waals surface area contributed by atoms with Crippen LogP contribution in [0.15, 0.2) is 18.6 Å². The predicted octanol–water partition coefficient (Wildman–Crippen LogP) is 3.33. The summed E-state index contributed by atoms with van der Waals surface area (Å²) in [6.07, 6.45) is 4.56. The number of nitrogens with zero attached hydrogens (tertiary/aromatic N) is 5. The van der Waals surface area contributed by atoms with Crippen LogP contribution in [0.1, 0.15) is 51.4 Å². The van der Waals surface area contributed by atoms with Crippen molar-refractivity contribution >= 4 is 22.8 Å². The molecule has 0 bridgehead atoms. The van der Waals surface area contributed by atoms with Gasteiger partial charge in [-0.2, -0.15) is 13.2 Å². The fourth-order valence-electron chi connectivity index (χ4n) is 6.30. The summed E-state index contributed by atoms with van der Waals surface area (Å²) < 4.78 is 41.5. The van der Waals surface area contributed by atoms with Crippen molar-refractivity contribution in [3.63, 3.8) is 0 Å². The molecule has 2 aliphatic carbocycles. The zero-order valence-corrected chi connectivity index (χ0v) is 21.1. The Morgan fingerprint density at radius 2 is 1.89 bits per heavy atom. The molecule has 8 nitrogen and oxygen atoms in total. The Balaban J connectivity index is 1.30. The van der Waals surface area contributed by atoms with Crippen molar-refractivity contribution in [3.8, 4) is 0 Å². The van der Waals surface area contributed by atoms with Gasteiger partial charge >= 0.3 is 6.18 Å². The third-order valence-corrected chi connectivity index (χ3v) is 8.70. The van der Waals surface area contributed by atoms with Gasteiger partial charge in [-0.15, -0.1) is 0 Å². The maximum Gasteiger partial charge on any atom is 0.391 e. The molecule has 204 valence electrons. The summed E-state index contributed by atoms with van der Waals surface area (Å²) in [4.78, 5) is 24.7.